The van der Waals surface area contributed by atoms with Gasteiger partial charge in [0.05, 0.1) is 28.8 Å². The van der Waals surface area contributed by atoms with Crippen LogP contribution in [0.3, 0.4) is 0 Å². The first-order chi connectivity index (χ1) is 14.2. The summed E-state index contributed by atoms with van der Waals surface area (Å²) in [6.45, 7) is 4.54. The monoisotopic (exact) mass is 385 g/mol. The minimum Gasteiger partial charge on any atom is -0.348 e. The van der Waals surface area contributed by atoms with Gasteiger partial charge in [0.2, 0.25) is 0 Å². The first-order valence-electron chi connectivity index (χ1n) is 9.66. The van der Waals surface area contributed by atoms with Crippen molar-refractivity contribution in [3.05, 3.63) is 89.4 Å². The van der Waals surface area contributed by atoms with Gasteiger partial charge in [0.15, 0.2) is 0 Å². The topological polar surface area (TPSA) is 75.6 Å². The number of carbonyl (C=O) groups excluding carboxylic acids is 1. The molecule has 0 atom stereocenters. The third-order valence-corrected chi connectivity index (χ3v) is 4.95. The highest BCUT2D eigenvalue weighted by atomic mass is 16.1. The Hall–Kier alpha value is -3.67. The minimum absolute atomic E-state index is 0.113. The third kappa shape index (κ3) is 3.96. The molecule has 4 rings (SSSR count). The molecule has 0 aliphatic carbocycles. The zero-order valence-corrected chi connectivity index (χ0v) is 16.5. The number of H-pyrrole nitrogens is 1. The van der Waals surface area contributed by atoms with E-state index in [-0.39, 0.29) is 5.91 Å². The first kappa shape index (κ1) is 18.7. The molecule has 6 nitrogen and oxygen atoms in total. The highest BCUT2D eigenvalue weighted by molar-refractivity contribution is 5.95. The smallest absolute Gasteiger partial charge is 0.255 e. The summed E-state index contributed by atoms with van der Waals surface area (Å²) in [6, 6.07) is 18.1. The van der Waals surface area contributed by atoms with E-state index in [1.807, 2.05) is 73.1 Å². The maximum Gasteiger partial charge on any atom is 0.255 e. The number of aryl methyl sites for hydroxylation is 1. The Balaban J connectivity index is 1.46. The van der Waals surface area contributed by atoms with Crippen LogP contribution >= 0.6 is 0 Å². The predicted molar refractivity (Wildman–Crippen MR) is 113 cm³/mol. The zero-order valence-electron chi connectivity index (χ0n) is 16.5. The second kappa shape index (κ2) is 8.14. The zero-order chi connectivity index (χ0) is 20.2. The third-order valence-electron chi connectivity index (χ3n) is 4.95. The van der Waals surface area contributed by atoms with Crippen LogP contribution in [0.4, 0.5) is 0 Å². The van der Waals surface area contributed by atoms with Gasteiger partial charge in [-0.1, -0.05) is 48.9 Å². The quantitative estimate of drug-likeness (QED) is 0.525. The predicted octanol–water partition coefficient (Wildman–Crippen LogP) is 4.06. The fraction of sp³-hybridized carbons (Fsp3) is 0.174. The lowest BCUT2D eigenvalue weighted by Gasteiger charge is -2.09. The normalized spacial score (nSPS) is 10.8. The van der Waals surface area contributed by atoms with E-state index in [0.29, 0.717) is 12.1 Å². The van der Waals surface area contributed by atoms with Crippen molar-refractivity contribution in [2.75, 3.05) is 0 Å². The van der Waals surface area contributed by atoms with Gasteiger partial charge in [0.25, 0.3) is 5.91 Å². The molecule has 1 amide bonds. The summed E-state index contributed by atoms with van der Waals surface area (Å²) in [5.74, 6) is -0.113. The lowest BCUT2D eigenvalue weighted by molar-refractivity contribution is 0.0950. The van der Waals surface area contributed by atoms with E-state index in [1.54, 1.807) is 12.4 Å². The molecule has 0 saturated carbocycles. The van der Waals surface area contributed by atoms with Crippen molar-refractivity contribution in [3.63, 3.8) is 0 Å². The van der Waals surface area contributed by atoms with Gasteiger partial charge in [-0.15, -0.1) is 0 Å². The fourth-order valence-corrected chi connectivity index (χ4v) is 3.31. The van der Waals surface area contributed by atoms with E-state index in [9.17, 15) is 4.79 Å². The van der Waals surface area contributed by atoms with Crippen LogP contribution in [0.15, 0.2) is 67.0 Å². The highest BCUT2D eigenvalue weighted by Crippen LogP contribution is 2.18. The molecular weight excluding hydrogens is 362 g/mol. The van der Waals surface area contributed by atoms with Crippen molar-refractivity contribution >= 4 is 5.91 Å². The lowest BCUT2D eigenvalue weighted by atomic mass is 10.1. The number of aromatic amines is 1. The molecule has 0 unspecified atom stereocenters. The van der Waals surface area contributed by atoms with Crippen molar-refractivity contribution < 1.29 is 4.79 Å². The molecule has 29 heavy (non-hydrogen) atoms. The van der Waals surface area contributed by atoms with Crippen molar-refractivity contribution in [3.8, 4) is 16.9 Å². The van der Waals surface area contributed by atoms with Gasteiger partial charge in [-0.2, -0.15) is 10.2 Å². The largest absolute Gasteiger partial charge is 0.348 e. The van der Waals surface area contributed by atoms with Crippen molar-refractivity contribution in [2.45, 2.75) is 26.8 Å². The van der Waals surface area contributed by atoms with Crippen molar-refractivity contribution in [1.82, 2.24) is 25.3 Å². The molecule has 2 N–H and O–H groups in total. The molecule has 146 valence electrons. The number of carbonyl (C=O) groups is 1. The summed E-state index contributed by atoms with van der Waals surface area (Å²) in [4.78, 5) is 12.8. The number of rotatable bonds is 6. The Morgan fingerprint density at radius 1 is 1.07 bits per heavy atom. The van der Waals surface area contributed by atoms with E-state index in [0.717, 1.165) is 34.6 Å². The molecule has 0 aliphatic rings. The highest BCUT2D eigenvalue weighted by Gasteiger charge is 2.17. The van der Waals surface area contributed by atoms with Gasteiger partial charge < -0.3 is 5.32 Å². The average Bonchev–Trinajstić information content (AvgIpc) is 3.43. The summed E-state index contributed by atoms with van der Waals surface area (Å²) in [5, 5.41) is 14.4. The summed E-state index contributed by atoms with van der Waals surface area (Å²) in [6.07, 6.45) is 4.09. The van der Waals surface area contributed by atoms with Crippen LogP contribution in [-0.4, -0.2) is 25.9 Å². The van der Waals surface area contributed by atoms with E-state index in [2.05, 4.69) is 20.6 Å². The second-order valence-corrected chi connectivity index (χ2v) is 6.96. The molecule has 2 heterocycles. The number of amides is 1. The number of nitrogens with one attached hydrogen (secondary N) is 2. The Morgan fingerprint density at radius 2 is 1.83 bits per heavy atom. The molecule has 0 bridgehead atoms. The molecule has 0 aliphatic heterocycles. The van der Waals surface area contributed by atoms with Gasteiger partial charge in [-0.05, 0) is 42.7 Å². The van der Waals surface area contributed by atoms with Crippen LogP contribution in [0.5, 0.6) is 0 Å². The van der Waals surface area contributed by atoms with Crippen LogP contribution in [0.1, 0.15) is 34.1 Å². The first-order valence-corrected chi connectivity index (χ1v) is 9.66. The van der Waals surface area contributed by atoms with Gasteiger partial charge in [-0.3, -0.25) is 9.89 Å². The van der Waals surface area contributed by atoms with E-state index in [1.165, 1.54) is 5.56 Å². The standard InChI is InChI=1S/C23H23N5O/c1-3-22-20(15-26-28(22)19-10-4-16(2)5-11-19)23(29)24-14-17-6-8-18(9-7-17)21-12-13-25-27-21/h4-13,15H,3,14H2,1-2H3,(H,24,29)(H,25,27). The minimum atomic E-state index is -0.113. The number of aromatic nitrogens is 4. The van der Waals surface area contributed by atoms with Crippen molar-refractivity contribution in [1.29, 1.82) is 0 Å². The molecule has 0 spiro atoms. The average molecular weight is 385 g/mol. The summed E-state index contributed by atoms with van der Waals surface area (Å²) in [7, 11) is 0. The van der Waals surface area contributed by atoms with Crippen LogP contribution in [0.25, 0.3) is 16.9 Å². The molecular formula is C23H23N5O. The fourth-order valence-electron chi connectivity index (χ4n) is 3.31. The molecule has 6 heteroatoms. The van der Waals surface area contributed by atoms with Crippen LogP contribution in [0.2, 0.25) is 0 Å². The van der Waals surface area contributed by atoms with Gasteiger partial charge in [-0.25, -0.2) is 4.68 Å². The van der Waals surface area contributed by atoms with Gasteiger partial charge >= 0.3 is 0 Å². The Morgan fingerprint density at radius 3 is 2.48 bits per heavy atom. The number of nitrogens with zero attached hydrogens (tertiary/aromatic N) is 3. The SMILES string of the molecule is CCc1c(C(=O)NCc2ccc(-c3ccn[nH]3)cc2)cnn1-c1ccc(C)cc1. The Kier molecular flexibility index (Phi) is 5.24. The van der Waals surface area contributed by atoms with Crippen LogP contribution in [-0.2, 0) is 13.0 Å². The maximum atomic E-state index is 12.8. The molecule has 2 aromatic heterocycles. The number of hydrogen-bond donors (Lipinski definition) is 2. The maximum absolute atomic E-state index is 12.8. The van der Waals surface area contributed by atoms with E-state index < -0.39 is 0 Å². The number of benzene rings is 2. The number of hydrogen-bond acceptors (Lipinski definition) is 3. The summed E-state index contributed by atoms with van der Waals surface area (Å²) in [5.41, 5.74) is 6.73. The molecule has 4 aromatic rings. The van der Waals surface area contributed by atoms with E-state index in [4.69, 9.17) is 0 Å². The molecule has 0 radical (unpaired) electrons. The van der Waals surface area contributed by atoms with Crippen LogP contribution < -0.4 is 5.32 Å². The second-order valence-electron chi connectivity index (χ2n) is 6.96. The molecule has 2 aromatic carbocycles. The summed E-state index contributed by atoms with van der Waals surface area (Å²) < 4.78 is 1.84. The Bertz CT molecular complexity index is 1090. The van der Waals surface area contributed by atoms with E-state index >= 15 is 0 Å². The van der Waals surface area contributed by atoms with Gasteiger partial charge in [0, 0.05) is 12.7 Å². The van der Waals surface area contributed by atoms with Crippen LogP contribution in [0, 0.1) is 6.92 Å². The molecule has 0 saturated heterocycles. The molecule has 0 fully saturated rings. The lowest BCUT2D eigenvalue weighted by Crippen LogP contribution is -2.23. The van der Waals surface area contributed by atoms with Gasteiger partial charge in [0.1, 0.15) is 0 Å². The van der Waals surface area contributed by atoms with Crippen molar-refractivity contribution in [2.24, 2.45) is 0 Å². The summed E-state index contributed by atoms with van der Waals surface area (Å²) >= 11 is 0. The Labute approximate surface area is 169 Å².